The number of carbonyl (C=O) groups is 1. The first-order chi connectivity index (χ1) is 10.2. The van der Waals surface area contributed by atoms with Crippen LogP contribution in [0.2, 0.25) is 0 Å². The summed E-state index contributed by atoms with van der Waals surface area (Å²) in [4.78, 5) is 16.4. The van der Waals surface area contributed by atoms with Crippen LogP contribution >= 0.6 is 12.2 Å². The molecule has 3 rings (SSSR count). The van der Waals surface area contributed by atoms with Crippen molar-refractivity contribution in [2.45, 2.75) is 38.1 Å². The Morgan fingerprint density at radius 1 is 1.14 bits per heavy atom. The average Bonchev–Trinajstić information content (AvgIpc) is 2.73. The van der Waals surface area contributed by atoms with Crippen molar-refractivity contribution in [1.29, 1.82) is 0 Å². The molecule has 0 atom stereocenters. The smallest absolute Gasteiger partial charge is 0.277 e. The Labute approximate surface area is 131 Å². The summed E-state index contributed by atoms with van der Waals surface area (Å²) in [5.74, 6) is 0.0539. The lowest BCUT2D eigenvalue weighted by Gasteiger charge is -2.30. The molecule has 0 bridgehead atoms. The molecule has 4 heteroatoms. The highest BCUT2D eigenvalue weighted by Gasteiger charge is 2.40. The number of carbonyl (C=O) groups excluding carboxylic acids is 1. The van der Waals surface area contributed by atoms with Gasteiger partial charge in [-0.1, -0.05) is 49.6 Å². The number of rotatable bonds is 2. The van der Waals surface area contributed by atoms with Gasteiger partial charge in [0.25, 0.3) is 5.91 Å². The number of amides is 1. The Morgan fingerprint density at radius 3 is 2.48 bits per heavy atom. The van der Waals surface area contributed by atoms with Crippen LogP contribution in [0.5, 0.6) is 0 Å². The van der Waals surface area contributed by atoms with Crippen LogP contribution in [-0.4, -0.2) is 33.9 Å². The predicted octanol–water partition coefficient (Wildman–Crippen LogP) is 3.42. The number of likely N-dealkylation sites (N-methyl/N-ethyl adjacent to an activating group) is 1. The van der Waals surface area contributed by atoms with Crippen LogP contribution in [0.25, 0.3) is 6.08 Å². The van der Waals surface area contributed by atoms with Crippen LogP contribution < -0.4 is 0 Å². The van der Waals surface area contributed by atoms with Crippen LogP contribution in [0.3, 0.4) is 0 Å². The van der Waals surface area contributed by atoms with Gasteiger partial charge in [-0.2, -0.15) is 0 Å². The number of hydrogen-bond acceptors (Lipinski definition) is 2. The van der Waals surface area contributed by atoms with E-state index in [0.29, 0.717) is 10.8 Å². The third-order valence-corrected chi connectivity index (χ3v) is 4.81. The number of hydrogen-bond donors (Lipinski definition) is 0. The molecule has 1 saturated heterocycles. The fourth-order valence-electron chi connectivity index (χ4n) is 3.15. The zero-order valence-corrected chi connectivity index (χ0v) is 13.1. The van der Waals surface area contributed by atoms with E-state index in [9.17, 15) is 4.79 Å². The summed E-state index contributed by atoms with van der Waals surface area (Å²) in [7, 11) is 1.89. The molecule has 0 radical (unpaired) electrons. The zero-order chi connectivity index (χ0) is 14.8. The first-order valence-corrected chi connectivity index (χ1v) is 7.97. The van der Waals surface area contributed by atoms with Gasteiger partial charge in [-0.25, -0.2) is 0 Å². The van der Waals surface area contributed by atoms with Gasteiger partial charge in [0.05, 0.1) is 0 Å². The van der Waals surface area contributed by atoms with E-state index in [4.69, 9.17) is 12.2 Å². The average molecular weight is 300 g/mol. The molecule has 110 valence electrons. The molecule has 1 aliphatic heterocycles. The van der Waals surface area contributed by atoms with Crippen LogP contribution in [-0.2, 0) is 4.79 Å². The SMILES string of the molecule is CN1C(=S)N(C2CCCCC2)C(=O)/C1=C\c1ccccc1. The molecule has 2 aliphatic rings. The maximum atomic E-state index is 12.8. The first kappa shape index (κ1) is 14.3. The second-order valence-corrected chi connectivity index (χ2v) is 6.11. The molecular formula is C17H20N2OS. The molecule has 0 N–H and O–H groups in total. The molecule has 1 saturated carbocycles. The molecule has 2 fully saturated rings. The van der Waals surface area contributed by atoms with Gasteiger partial charge in [0.1, 0.15) is 5.70 Å². The Balaban J connectivity index is 1.88. The van der Waals surface area contributed by atoms with Crippen molar-refractivity contribution in [3.63, 3.8) is 0 Å². The standard InChI is InChI=1S/C17H20N2OS/c1-18-15(12-13-8-4-2-5-9-13)16(20)19(17(18)21)14-10-6-3-7-11-14/h2,4-5,8-9,12,14H,3,6-7,10-11H2,1H3/b15-12+. The highest BCUT2D eigenvalue weighted by molar-refractivity contribution is 7.80. The van der Waals surface area contributed by atoms with Crippen molar-refractivity contribution in [2.24, 2.45) is 0 Å². The van der Waals surface area contributed by atoms with Crippen LogP contribution in [0.4, 0.5) is 0 Å². The van der Waals surface area contributed by atoms with E-state index in [-0.39, 0.29) is 11.9 Å². The molecule has 1 aromatic rings. The second kappa shape index (κ2) is 5.98. The van der Waals surface area contributed by atoms with E-state index in [0.717, 1.165) is 18.4 Å². The van der Waals surface area contributed by atoms with Gasteiger partial charge < -0.3 is 4.90 Å². The molecule has 1 aliphatic carbocycles. The van der Waals surface area contributed by atoms with E-state index < -0.39 is 0 Å². The third-order valence-electron chi connectivity index (χ3n) is 4.34. The minimum atomic E-state index is 0.0539. The molecule has 1 heterocycles. The van der Waals surface area contributed by atoms with Gasteiger partial charge in [0, 0.05) is 13.1 Å². The third kappa shape index (κ3) is 2.72. The minimum absolute atomic E-state index is 0.0539. The van der Waals surface area contributed by atoms with Crippen LogP contribution in [0, 0.1) is 0 Å². The van der Waals surface area contributed by atoms with E-state index in [1.165, 1.54) is 19.3 Å². The monoisotopic (exact) mass is 300 g/mol. The molecule has 0 aromatic heterocycles. The lowest BCUT2D eigenvalue weighted by Crippen LogP contribution is -2.41. The molecule has 3 nitrogen and oxygen atoms in total. The summed E-state index contributed by atoms with van der Waals surface area (Å²) in [6.07, 6.45) is 7.72. The number of benzene rings is 1. The van der Waals surface area contributed by atoms with Gasteiger partial charge in [0.15, 0.2) is 5.11 Å². The highest BCUT2D eigenvalue weighted by atomic mass is 32.1. The fourth-order valence-corrected chi connectivity index (χ4v) is 3.48. The Bertz CT molecular complexity index is 576. The van der Waals surface area contributed by atoms with E-state index in [1.54, 1.807) is 0 Å². The van der Waals surface area contributed by atoms with Gasteiger partial charge in [-0.15, -0.1) is 0 Å². The number of thiocarbonyl (C=S) groups is 1. The topological polar surface area (TPSA) is 23.6 Å². The van der Waals surface area contributed by atoms with E-state index in [1.807, 2.05) is 53.3 Å². The Hall–Kier alpha value is -1.68. The molecule has 1 amide bonds. The maximum absolute atomic E-state index is 12.8. The molecule has 0 spiro atoms. The van der Waals surface area contributed by atoms with E-state index >= 15 is 0 Å². The summed E-state index contributed by atoms with van der Waals surface area (Å²) in [5.41, 5.74) is 1.71. The Morgan fingerprint density at radius 2 is 1.81 bits per heavy atom. The highest BCUT2D eigenvalue weighted by Crippen LogP contribution is 2.30. The molecule has 0 unspecified atom stereocenters. The van der Waals surface area contributed by atoms with Gasteiger partial charge in [-0.05, 0) is 36.7 Å². The fraction of sp³-hybridized carbons (Fsp3) is 0.412. The maximum Gasteiger partial charge on any atom is 0.277 e. The van der Waals surface area contributed by atoms with Crippen molar-refractivity contribution in [3.05, 3.63) is 41.6 Å². The largest absolute Gasteiger partial charge is 0.317 e. The van der Waals surface area contributed by atoms with Crippen molar-refractivity contribution < 1.29 is 4.79 Å². The summed E-state index contributed by atoms with van der Waals surface area (Å²) < 4.78 is 0. The van der Waals surface area contributed by atoms with Gasteiger partial charge in [-0.3, -0.25) is 9.69 Å². The molecule has 21 heavy (non-hydrogen) atoms. The normalized spacial score (nSPS) is 22.4. The minimum Gasteiger partial charge on any atom is -0.317 e. The predicted molar refractivity (Wildman–Crippen MR) is 88.5 cm³/mol. The van der Waals surface area contributed by atoms with Crippen molar-refractivity contribution in [3.8, 4) is 0 Å². The second-order valence-electron chi connectivity index (χ2n) is 5.75. The van der Waals surface area contributed by atoms with Crippen LogP contribution in [0.1, 0.15) is 37.7 Å². The van der Waals surface area contributed by atoms with Gasteiger partial charge >= 0.3 is 0 Å². The summed E-state index contributed by atoms with van der Waals surface area (Å²) in [5, 5.41) is 0.647. The van der Waals surface area contributed by atoms with Gasteiger partial charge in [0.2, 0.25) is 0 Å². The molecular weight excluding hydrogens is 280 g/mol. The van der Waals surface area contributed by atoms with Crippen LogP contribution in [0.15, 0.2) is 36.0 Å². The number of nitrogens with zero attached hydrogens (tertiary/aromatic N) is 2. The van der Waals surface area contributed by atoms with Crippen molar-refractivity contribution >= 4 is 29.3 Å². The van der Waals surface area contributed by atoms with Crippen molar-refractivity contribution in [2.75, 3.05) is 7.05 Å². The summed E-state index contributed by atoms with van der Waals surface area (Å²) >= 11 is 5.50. The van der Waals surface area contributed by atoms with E-state index in [2.05, 4.69) is 0 Å². The van der Waals surface area contributed by atoms with Crippen molar-refractivity contribution in [1.82, 2.24) is 9.80 Å². The zero-order valence-electron chi connectivity index (χ0n) is 12.3. The lowest BCUT2D eigenvalue weighted by molar-refractivity contribution is -0.124. The quantitative estimate of drug-likeness (QED) is 0.617. The first-order valence-electron chi connectivity index (χ1n) is 7.56. The lowest BCUT2D eigenvalue weighted by atomic mass is 9.94. The molecule has 1 aromatic carbocycles. The summed E-state index contributed by atoms with van der Waals surface area (Å²) in [6.45, 7) is 0. The summed E-state index contributed by atoms with van der Waals surface area (Å²) in [6, 6.07) is 10.2. The Kier molecular flexibility index (Phi) is 4.06.